The lowest BCUT2D eigenvalue weighted by Gasteiger charge is -2.38. The zero-order valence-corrected chi connectivity index (χ0v) is 17.3. The van der Waals surface area contributed by atoms with Crippen molar-refractivity contribution in [1.82, 2.24) is 15.1 Å². The number of nitrogens with zero attached hydrogens (tertiary/aromatic N) is 2. The second kappa shape index (κ2) is 8.40. The van der Waals surface area contributed by atoms with Gasteiger partial charge in [-0.15, -0.1) is 0 Å². The number of carbonyl (C=O) groups is 1. The highest BCUT2D eigenvalue weighted by molar-refractivity contribution is 5.93. The van der Waals surface area contributed by atoms with Crippen LogP contribution >= 0.6 is 0 Å². The van der Waals surface area contributed by atoms with E-state index in [1.807, 2.05) is 0 Å². The number of carbonyl (C=O) groups excluding carboxylic acids is 1. The normalized spacial score (nSPS) is 15.7. The van der Waals surface area contributed by atoms with E-state index >= 15 is 0 Å². The van der Waals surface area contributed by atoms with Crippen LogP contribution in [0.5, 0.6) is 0 Å². The average molecular weight is 407 g/mol. The molecule has 1 N–H and O–H groups in total. The lowest BCUT2D eigenvalue weighted by Crippen LogP contribution is -2.45. The maximum atomic E-state index is 13.2. The van der Waals surface area contributed by atoms with Crippen molar-refractivity contribution in [2.45, 2.75) is 25.2 Å². The van der Waals surface area contributed by atoms with Crippen molar-refractivity contribution in [1.29, 1.82) is 0 Å². The van der Waals surface area contributed by atoms with Crippen LogP contribution in [-0.2, 0) is 17.2 Å². The number of ether oxygens (including phenoxy) is 1. The predicted octanol–water partition coefficient (Wildman–Crippen LogP) is 4.01. The molecule has 2 aromatic carbocycles. The molecule has 6 heteroatoms. The largest absolute Gasteiger partial charge is 0.381 e. The molecular weight excluding hydrogens is 381 g/mol. The summed E-state index contributed by atoms with van der Waals surface area (Å²) in [6.45, 7) is 3.99. The molecule has 0 radical (unpaired) electrons. The number of aryl methyl sites for hydroxylation is 2. The van der Waals surface area contributed by atoms with Gasteiger partial charge in [-0.05, 0) is 55.7 Å². The highest BCUT2D eigenvalue weighted by Gasteiger charge is 2.35. The fourth-order valence-electron chi connectivity index (χ4n) is 4.09. The molecule has 1 aliphatic heterocycles. The van der Waals surface area contributed by atoms with Gasteiger partial charge in [0.2, 0.25) is 0 Å². The molecule has 0 spiro atoms. The first-order valence-electron chi connectivity index (χ1n) is 10.2. The van der Waals surface area contributed by atoms with Gasteiger partial charge in [0, 0.05) is 37.8 Å². The number of hydrogen-bond donors (Lipinski definition) is 1. The maximum absolute atomic E-state index is 13.2. The molecule has 1 saturated heterocycles. The molecule has 3 aromatic rings. The Kier molecular flexibility index (Phi) is 5.68. The van der Waals surface area contributed by atoms with Gasteiger partial charge in [0.1, 0.15) is 11.5 Å². The third kappa shape index (κ3) is 4.14. The number of aromatic nitrogens is 2. The van der Waals surface area contributed by atoms with Gasteiger partial charge >= 0.3 is 0 Å². The number of halogens is 1. The van der Waals surface area contributed by atoms with E-state index < -0.39 is 0 Å². The summed E-state index contributed by atoms with van der Waals surface area (Å²) in [7, 11) is 1.74. The van der Waals surface area contributed by atoms with Gasteiger partial charge in [-0.1, -0.05) is 29.8 Å². The van der Waals surface area contributed by atoms with Crippen molar-refractivity contribution in [3.8, 4) is 11.3 Å². The van der Waals surface area contributed by atoms with Crippen LogP contribution in [0.4, 0.5) is 4.39 Å². The van der Waals surface area contributed by atoms with Gasteiger partial charge in [-0.3, -0.25) is 9.48 Å². The lowest BCUT2D eigenvalue weighted by atomic mass is 9.73. The minimum Gasteiger partial charge on any atom is -0.381 e. The summed E-state index contributed by atoms with van der Waals surface area (Å²) in [5.41, 5.74) is 4.19. The molecule has 1 aromatic heterocycles. The number of rotatable bonds is 5. The van der Waals surface area contributed by atoms with Crippen LogP contribution in [0, 0.1) is 12.7 Å². The van der Waals surface area contributed by atoms with E-state index in [0.717, 1.165) is 18.4 Å². The van der Waals surface area contributed by atoms with E-state index in [2.05, 4.69) is 41.6 Å². The van der Waals surface area contributed by atoms with Gasteiger partial charge < -0.3 is 10.1 Å². The van der Waals surface area contributed by atoms with E-state index in [-0.39, 0.29) is 17.1 Å². The fraction of sp³-hybridized carbons (Fsp3) is 0.333. The van der Waals surface area contributed by atoms with Crippen LogP contribution in [0.15, 0.2) is 54.6 Å². The smallest absolute Gasteiger partial charge is 0.269 e. The van der Waals surface area contributed by atoms with E-state index in [0.29, 0.717) is 31.1 Å². The SMILES string of the molecule is Cc1cccc(C2(CNC(=O)c3cc(-c4ccc(F)cc4)nn3C)CCOCC2)c1. The van der Waals surface area contributed by atoms with Gasteiger partial charge in [-0.2, -0.15) is 5.10 Å². The summed E-state index contributed by atoms with van der Waals surface area (Å²) in [6.07, 6.45) is 1.73. The molecule has 0 bridgehead atoms. The molecule has 0 unspecified atom stereocenters. The molecule has 156 valence electrons. The number of hydrogen-bond acceptors (Lipinski definition) is 3. The first kappa shape index (κ1) is 20.3. The molecule has 1 fully saturated rings. The first-order valence-corrected chi connectivity index (χ1v) is 10.2. The fourth-order valence-corrected chi connectivity index (χ4v) is 4.09. The molecule has 30 heavy (non-hydrogen) atoms. The van der Waals surface area contributed by atoms with E-state index in [4.69, 9.17) is 4.74 Å². The molecule has 2 heterocycles. The number of benzene rings is 2. The molecular formula is C24H26FN3O2. The minimum atomic E-state index is -0.300. The van der Waals surface area contributed by atoms with Crippen molar-refractivity contribution in [2.24, 2.45) is 7.05 Å². The van der Waals surface area contributed by atoms with E-state index in [1.165, 1.54) is 23.3 Å². The van der Waals surface area contributed by atoms with Crippen LogP contribution in [0.25, 0.3) is 11.3 Å². The standard InChI is InChI=1S/C24H26FN3O2/c1-17-4-3-5-19(14-17)24(10-12-30-13-11-24)16-26-23(29)22-15-21(27-28(22)2)18-6-8-20(25)9-7-18/h3-9,14-15H,10-13,16H2,1-2H3,(H,26,29). The monoisotopic (exact) mass is 407 g/mol. The Morgan fingerprint density at radius 1 is 1.17 bits per heavy atom. The lowest BCUT2D eigenvalue weighted by molar-refractivity contribution is 0.0486. The van der Waals surface area contributed by atoms with Gasteiger partial charge in [0.05, 0.1) is 5.69 Å². The van der Waals surface area contributed by atoms with Gasteiger partial charge in [-0.25, -0.2) is 4.39 Å². The van der Waals surface area contributed by atoms with E-state index in [9.17, 15) is 9.18 Å². The third-order valence-electron chi connectivity index (χ3n) is 5.92. The van der Waals surface area contributed by atoms with Crippen LogP contribution in [0.2, 0.25) is 0 Å². The Labute approximate surface area is 175 Å². The molecule has 0 atom stereocenters. The van der Waals surface area contributed by atoms with Crippen LogP contribution in [0.1, 0.15) is 34.5 Å². The van der Waals surface area contributed by atoms with Gasteiger partial charge in [0.15, 0.2) is 0 Å². The second-order valence-electron chi connectivity index (χ2n) is 7.99. The van der Waals surface area contributed by atoms with Crippen molar-refractivity contribution in [3.63, 3.8) is 0 Å². The summed E-state index contributed by atoms with van der Waals surface area (Å²) >= 11 is 0. The Hall–Kier alpha value is -2.99. The number of amides is 1. The molecule has 0 aliphatic carbocycles. The van der Waals surface area contributed by atoms with Crippen LogP contribution in [0.3, 0.4) is 0 Å². The average Bonchev–Trinajstić information content (AvgIpc) is 3.15. The topological polar surface area (TPSA) is 56.2 Å². The Balaban J connectivity index is 1.53. The summed E-state index contributed by atoms with van der Waals surface area (Å²) < 4.78 is 20.4. The maximum Gasteiger partial charge on any atom is 0.269 e. The predicted molar refractivity (Wildman–Crippen MR) is 114 cm³/mol. The minimum absolute atomic E-state index is 0.141. The third-order valence-corrected chi connectivity index (χ3v) is 5.92. The summed E-state index contributed by atoms with van der Waals surface area (Å²) in [5, 5.41) is 7.55. The zero-order valence-electron chi connectivity index (χ0n) is 17.3. The van der Waals surface area contributed by atoms with Crippen LogP contribution in [-0.4, -0.2) is 35.4 Å². The molecule has 5 nitrogen and oxygen atoms in total. The Bertz CT molecular complexity index is 1040. The van der Waals surface area contributed by atoms with Crippen molar-refractivity contribution in [3.05, 3.63) is 77.2 Å². The number of nitrogens with one attached hydrogen (secondary N) is 1. The first-order chi connectivity index (χ1) is 14.5. The van der Waals surface area contributed by atoms with Crippen LogP contribution < -0.4 is 5.32 Å². The van der Waals surface area contributed by atoms with E-state index in [1.54, 1.807) is 29.9 Å². The molecule has 1 amide bonds. The zero-order chi connectivity index (χ0) is 21.1. The quantitative estimate of drug-likeness (QED) is 0.695. The van der Waals surface area contributed by atoms with Crippen molar-refractivity contribution >= 4 is 5.91 Å². The summed E-state index contributed by atoms with van der Waals surface area (Å²) in [6, 6.07) is 16.3. The Morgan fingerprint density at radius 3 is 2.60 bits per heavy atom. The summed E-state index contributed by atoms with van der Waals surface area (Å²) in [4.78, 5) is 13.0. The molecule has 1 aliphatic rings. The van der Waals surface area contributed by atoms with Crippen molar-refractivity contribution in [2.75, 3.05) is 19.8 Å². The second-order valence-corrected chi connectivity index (χ2v) is 7.99. The molecule has 4 rings (SSSR count). The highest BCUT2D eigenvalue weighted by Crippen LogP contribution is 2.34. The van der Waals surface area contributed by atoms with Gasteiger partial charge in [0.25, 0.3) is 5.91 Å². The Morgan fingerprint density at radius 2 is 1.90 bits per heavy atom. The molecule has 0 saturated carbocycles. The van der Waals surface area contributed by atoms with Crippen molar-refractivity contribution < 1.29 is 13.9 Å². The summed E-state index contributed by atoms with van der Waals surface area (Å²) in [5.74, 6) is -0.470. The highest BCUT2D eigenvalue weighted by atomic mass is 19.1.